The van der Waals surface area contributed by atoms with Crippen molar-refractivity contribution in [2.45, 2.75) is 26.4 Å². The number of aromatic nitrogens is 1. The molecular formula is C29H32N4O3. The number of likely N-dealkylation sites (N-methyl/N-ethyl adjacent to an activating group) is 1. The minimum atomic E-state index is -0.143. The zero-order valence-corrected chi connectivity index (χ0v) is 20.9. The molecule has 1 aliphatic heterocycles. The highest BCUT2D eigenvalue weighted by Crippen LogP contribution is 2.25. The molecule has 0 unspecified atom stereocenters. The summed E-state index contributed by atoms with van der Waals surface area (Å²) in [5.41, 5.74) is 2.95. The summed E-state index contributed by atoms with van der Waals surface area (Å²) in [5, 5.41) is 1.17. The molecule has 0 saturated carbocycles. The van der Waals surface area contributed by atoms with Crippen molar-refractivity contribution in [1.82, 2.24) is 14.4 Å². The summed E-state index contributed by atoms with van der Waals surface area (Å²) in [5.74, 6) is 0.934. The number of para-hydroxylation sites is 2. The van der Waals surface area contributed by atoms with Crippen molar-refractivity contribution in [3.8, 4) is 0 Å². The van der Waals surface area contributed by atoms with Gasteiger partial charge in [0, 0.05) is 50.5 Å². The van der Waals surface area contributed by atoms with Gasteiger partial charge < -0.3 is 23.7 Å². The first-order chi connectivity index (χ1) is 17.5. The van der Waals surface area contributed by atoms with Gasteiger partial charge in [-0.05, 0) is 61.3 Å². The van der Waals surface area contributed by atoms with Crippen LogP contribution >= 0.6 is 0 Å². The van der Waals surface area contributed by atoms with Gasteiger partial charge in [-0.15, -0.1) is 0 Å². The van der Waals surface area contributed by atoms with Crippen LogP contribution in [0.3, 0.4) is 0 Å². The van der Waals surface area contributed by atoms with Gasteiger partial charge in [-0.1, -0.05) is 36.4 Å². The molecule has 4 aromatic rings. The molecule has 1 aliphatic rings. The summed E-state index contributed by atoms with van der Waals surface area (Å²) < 4.78 is 8.18. The number of rotatable bonds is 3. The van der Waals surface area contributed by atoms with Crippen LogP contribution in [0.5, 0.6) is 0 Å². The van der Waals surface area contributed by atoms with Gasteiger partial charge in [0.1, 0.15) is 5.76 Å². The number of anilines is 1. The predicted octanol–water partition coefficient (Wildman–Crippen LogP) is 4.61. The van der Waals surface area contributed by atoms with Crippen LogP contribution in [-0.2, 0) is 17.9 Å². The Balaban J connectivity index is 1.40. The van der Waals surface area contributed by atoms with Gasteiger partial charge >= 0.3 is 0 Å². The van der Waals surface area contributed by atoms with Crippen LogP contribution in [-0.4, -0.2) is 59.4 Å². The van der Waals surface area contributed by atoms with E-state index in [2.05, 4.69) is 34.7 Å². The quantitative estimate of drug-likeness (QED) is 0.426. The van der Waals surface area contributed by atoms with Gasteiger partial charge in [-0.2, -0.15) is 0 Å². The molecule has 2 aromatic carbocycles. The van der Waals surface area contributed by atoms with Crippen LogP contribution in [0.4, 0.5) is 5.69 Å². The number of furan rings is 1. The summed E-state index contributed by atoms with van der Waals surface area (Å²) in [4.78, 5) is 32.0. The van der Waals surface area contributed by atoms with E-state index in [0.717, 1.165) is 42.0 Å². The van der Waals surface area contributed by atoms with Crippen molar-refractivity contribution in [1.29, 1.82) is 0 Å². The number of carbonyl (C=O) groups excluding carboxylic acids is 2. The number of hydrogen-bond donors (Lipinski definition) is 0. The lowest BCUT2D eigenvalue weighted by Crippen LogP contribution is -2.37. The second kappa shape index (κ2) is 10.4. The molecule has 5 rings (SSSR count). The number of hydrogen-bond acceptors (Lipinski definition) is 4. The Labute approximate surface area is 211 Å². The molecule has 7 nitrogen and oxygen atoms in total. The van der Waals surface area contributed by atoms with Gasteiger partial charge in [0.2, 0.25) is 5.91 Å². The first-order valence-corrected chi connectivity index (χ1v) is 12.5. The lowest BCUT2D eigenvalue weighted by Gasteiger charge is -2.26. The second-order valence-corrected chi connectivity index (χ2v) is 9.45. The van der Waals surface area contributed by atoms with Gasteiger partial charge in [-0.3, -0.25) is 9.59 Å². The Morgan fingerprint density at radius 1 is 0.889 bits per heavy atom. The molecule has 0 radical (unpaired) electrons. The third-order valence-electron chi connectivity index (χ3n) is 6.86. The molecule has 2 amide bonds. The number of nitrogens with zero attached hydrogens (tertiary/aromatic N) is 4. The molecular weight excluding hydrogens is 452 g/mol. The van der Waals surface area contributed by atoms with Crippen LogP contribution < -0.4 is 4.90 Å². The van der Waals surface area contributed by atoms with Crippen molar-refractivity contribution in [2.24, 2.45) is 0 Å². The Morgan fingerprint density at radius 2 is 1.69 bits per heavy atom. The molecule has 0 spiro atoms. The van der Waals surface area contributed by atoms with Crippen LogP contribution in [0, 0.1) is 0 Å². The van der Waals surface area contributed by atoms with E-state index in [1.54, 1.807) is 13.0 Å². The fraction of sp³-hybridized carbons (Fsp3) is 0.310. The van der Waals surface area contributed by atoms with Crippen LogP contribution in [0.1, 0.15) is 35.2 Å². The van der Waals surface area contributed by atoms with Gasteiger partial charge in [0.15, 0.2) is 5.76 Å². The lowest BCUT2D eigenvalue weighted by atomic mass is 10.1. The first-order valence-electron chi connectivity index (χ1n) is 12.5. The van der Waals surface area contributed by atoms with Crippen molar-refractivity contribution in [3.63, 3.8) is 0 Å². The largest absolute Gasteiger partial charge is 0.454 e. The first kappa shape index (κ1) is 23.9. The number of amides is 2. The molecule has 3 heterocycles. The molecule has 36 heavy (non-hydrogen) atoms. The van der Waals surface area contributed by atoms with Gasteiger partial charge in [0.25, 0.3) is 5.91 Å². The third kappa shape index (κ3) is 5.06. The molecule has 186 valence electrons. The van der Waals surface area contributed by atoms with Crippen molar-refractivity contribution < 1.29 is 14.0 Å². The highest BCUT2D eigenvalue weighted by Gasteiger charge is 2.24. The van der Waals surface area contributed by atoms with Crippen LogP contribution in [0.2, 0.25) is 0 Å². The number of carbonyl (C=O) groups is 2. The fourth-order valence-electron chi connectivity index (χ4n) is 4.90. The van der Waals surface area contributed by atoms with E-state index in [9.17, 15) is 9.59 Å². The molecule has 0 saturated heterocycles. The fourth-order valence-corrected chi connectivity index (χ4v) is 4.90. The maximum absolute atomic E-state index is 13.6. The minimum absolute atomic E-state index is 0.00967. The number of benzene rings is 2. The number of fused-ring (bicyclic) bond motifs is 2. The Kier molecular flexibility index (Phi) is 6.91. The van der Waals surface area contributed by atoms with E-state index in [-0.39, 0.29) is 11.8 Å². The van der Waals surface area contributed by atoms with E-state index >= 15 is 0 Å². The molecule has 0 N–H and O–H groups in total. The molecule has 0 fully saturated rings. The zero-order chi connectivity index (χ0) is 25.1. The summed E-state index contributed by atoms with van der Waals surface area (Å²) in [6, 6.07) is 21.8. The van der Waals surface area contributed by atoms with Crippen LogP contribution in [0.25, 0.3) is 10.9 Å². The smallest absolute Gasteiger partial charge is 0.289 e. The SMILES string of the molecule is CC(=O)N1CCCN(C)CCN(C(=O)c2ccc(Cn3ccc4ccccc43)o2)Cc2ccccc21. The van der Waals surface area contributed by atoms with E-state index in [0.29, 0.717) is 31.9 Å². The summed E-state index contributed by atoms with van der Waals surface area (Å²) in [6.45, 7) is 5.38. The Bertz CT molecular complexity index is 1370. The second-order valence-electron chi connectivity index (χ2n) is 9.45. The van der Waals surface area contributed by atoms with Gasteiger partial charge in [-0.25, -0.2) is 0 Å². The van der Waals surface area contributed by atoms with Gasteiger partial charge in [0.05, 0.1) is 6.54 Å². The average molecular weight is 485 g/mol. The van der Waals surface area contributed by atoms with Crippen molar-refractivity contribution >= 4 is 28.4 Å². The van der Waals surface area contributed by atoms with E-state index in [1.165, 1.54) is 5.39 Å². The topological polar surface area (TPSA) is 61.9 Å². The molecule has 0 aliphatic carbocycles. The molecule has 0 atom stereocenters. The summed E-state index contributed by atoms with van der Waals surface area (Å²) in [6.07, 6.45) is 2.91. The Morgan fingerprint density at radius 3 is 2.56 bits per heavy atom. The maximum atomic E-state index is 13.6. The third-order valence-corrected chi connectivity index (χ3v) is 6.86. The summed E-state index contributed by atoms with van der Waals surface area (Å²) in [7, 11) is 2.05. The normalized spacial score (nSPS) is 15.5. The average Bonchev–Trinajstić information content (AvgIpc) is 3.51. The summed E-state index contributed by atoms with van der Waals surface area (Å²) >= 11 is 0. The van der Waals surface area contributed by atoms with E-state index in [1.807, 2.05) is 58.5 Å². The molecule has 7 heteroatoms. The van der Waals surface area contributed by atoms with Crippen molar-refractivity contribution in [2.75, 3.05) is 38.1 Å². The van der Waals surface area contributed by atoms with E-state index < -0.39 is 0 Å². The van der Waals surface area contributed by atoms with Crippen LogP contribution in [0.15, 0.2) is 77.3 Å². The lowest BCUT2D eigenvalue weighted by molar-refractivity contribution is -0.116. The molecule has 2 aromatic heterocycles. The van der Waals surface area contributed by atoms with E-state index in [4.69, 9.17) is 4.42 Å². The highest BCUT2D eigenvalue weighted by atomic mass is 16.4. The maximum Gasteiger partial charge on any atom is 0.289 e. The monoisotopic (exact) mass is 484 g/mol. The zero-order valence-electron chi connectivity index (χ0n) is 20.9. The standard InChI is InChI=1S/C29H32N4O3/c1-22(34)33-16-7-15-30(2)18-19-32(20-24-9-4-6-11-27(24)33)29(35)28-13-12-25(36-28)21-31-17-14-23-8-3-5-10-26(23)31/h3-6,8-14,17H,7,15-16,18-21H2,1-2H3. The Hall–Kier alpha value is -3.84. The minimum Gasteiger partial charge on any atom is -0.454 e. The highest BCUT2D eigenvalue weighted by molar-refractivity contribution is 5.93. The predicted molar refractivity (Wildman–Crippen MR) is 141 cm³/mol. The van der Waals surface area contributed by atoms with Crippen molar-refractivity contribution in [3.05, 3.63) is 90.0 Å². The molecule has 0 bridgehead atoms.